The number of carboxylic acids is 1. The Bertz CT molecular complexity index is 1010. The van der Waals surface area contributed by atoms with E-state index >= 15 is 0 Å². The topological polar surface area (TPSA) is 111 Å². The van der Waals surface area contributed by atoms with E-state index in [4.69, 9.17) is 5.11 Å². The van der Waals surface area contributed by atoms with E-state index in [-0.39, 0.29) is 17.0 Å². The summed E-state index contributed by atoms with van der Waals surface area (Å²) in [4.78, 5) is 39.2. The van der Waals surface area contributed by atoms with Gasteiger partial charge in [-0.15, -0.1) is 0 Å². The van der Waals surface area contributed by atoms with E-state index in [1.807, 2.05) is 6.08 Å². The van der Waals surface area contributed by atoms with Crippen LogP contribution in [0.25, 0.3) is 0 Å². The van der Waals surface area contributed by atoms with Gasteiger partial charge in [0, 0.05) is 31.7 Å². The summed E-state index contributed by atoms with van der Waals surface area (Å²) in [6, 6.07) is 5.56. The Morgan fingerprint density at radius 2 is 1.68 bits per heavy atom. The number of carbonyl (C=O) groups excluding carboxylic acids is 2. The fourth-order valence-corrected chi connectivity index (χ4v) is 4.97. The van der Waals surface area contributed by atoms with Crippen molar-refractivity contribution in [1.82, 2.24) is 21.1 Å². The van der Waals surface area contributed by atoms with E-state index in [9.17, 15) is 14.4 Å². The third-order valence-corrected chi connectivity index (χ3v) is 7.12. The monoisotopic (exact) mass is 464 g/mol. The van der Waals surface area contributed by atoms with Crippen molar-refractivity contribution in [3.05, 3.63) is 71.3 Å². The molecule has 8 nitrogen and oxygen atoms in total. The number of rotatable bonds is 5. The minimum atomic E-state index is -1.06. The largest absolute Gasteiger partial charge is 0.478 e. The number of allylic oxidation sites excluding steroid dienone is 3. The van der Waals surface area contributed by atoms with Crippen LogP contribution in [-0.4, -0.2) is 59.5 Å². The Hall–Kier alpha value is -3.23. The number of piperazine rings is 1. The number of hydrogen-bond donors (Lipinski definition) is 4. The van der Waals surface area contributed by atoms with E-state index in [1.165, 1.54) is 35.4 Å². The predicted octanol–water partition coefficient (Wildman–Crippen LogP) is 2.42. The van der Waals surface area contributed by atoms with Gasteiger partial charge < -0.3 is 10.4 Å². The average molecular weight is 465 g/mol. The van der Waals surface area contributed by atoms with E-state index in [0.29, 0.717) is 12.3 Å². The van der Waals surface area contributed by atoms with Crippen molar-refractivity contribution in [3.63, 3.8) is 0 Å². The summed E-state index contributed by atoms with van der Waals surface area (Å²) >= 11 is 0. The summed E-state index contributed by atoms with van der Waals surface area (Å²) in [5, 5.41) is 12.3. The minimum absolute atomic E-state index is 0.0930. The molecule has 1 atom stereocenters. The number of carboxylic acid groups (broad SMARTS) is 1. The van der Waals surface area contributed by atoms with E-state index < -0.39 is 17.4 Å². The standard InChI is InChI=1S/C26H32N4O4/c1-18-2-4-19(5-3-18)20-10-12-26(13-11-20,30-16-14-27-15-17-30)25(34)29-28-23(31)21-6-8-22(9-7-21)24(32)33/h6-12,19,27H,1-5,13-17H2,(H,28,31)(H,29,34)(H,32,33). The maximum Gasteiger partial charge on any atom is 0.335 e. The van der Waals surface area contributed by atoms with Crippen molar-refractivity contribution >= 4 is 17.8 Å². The molecular weight excluding hydrogens is 432 g/mol. The zero-order valence-corrected chi connectivity index (χ0v) is 19.3. The van der Waals surface area contributed by atoms with Crippen molar-refractivity contribution in [2.24, 2.45) is 5.92 Å². The molecule has 1 saturated carbocycles. The van der Waals surface area contributed by atoms with Gasteiger partial charge in [0.25, 0.3) is 11.8 Å². The summed E-state index contributed by atoms with van der Waals surface area (Å²) in [6.07, 6.45) is 11.1. The second-order valence-corrected chi connectivity index (χ2v) is 9.22. The first-order valence-corrected chi connectivity index (χ1v) is 11.8. The summed E-state index contributed by atoms with van der Waals surface area (Å²) < 4.78 is 0. The van der Waals surface area contributed by atoms with E-state index in [1.54, 1.807) is 0 Å². The molecule has 1 heterocycles. The molecule has 0 aromatic heterocycles. The van der Waals surface area contributed by atoms with Crippen LogP contribution in [0.1, 0.15) is 52.8 Å². The van der Waals surface area contributed by atoms with Crippen LogP contribution in [-0.2, 0) is 4.79 Å². The lowest BCUT2D eigenvalue weighted by Gasteiger charge is -2.44. The fourth-order valence-electron chi connectivity index (χ4n) is 4.97. The Kier molecular flexibility index (Phi) is 7.29. The maximum absolute atomic E-state index is 13.5. The van der Waals surface area contributed by atoms with Crippen LogP contribution in [0, 0.1) is 5.92 Å². The second-order valence-electron chi connectivity index (χ2n) is 9.22. The second kappa shape index (κ2) is 10.4. The Morgan fingerprint density at radius 3 is 2.26 bits per heavy atom. The molecule has 4 rings (SSSR count). The van der Waals surface area contributed by atoms with Gasteiger partial charge in [-0.3, -0.25) is 25.3 Å². The first-order chi connectivity index (χ1) is 16.4. The van der Waals surface area contributed by atoms with Gasteiger partial charge in [-0.2, -0.15) is 0 Å². The third kappa shape index (κ3) is 5.13. The number of aromatic carboxylic acids is 1. The molecule has 3 aliphatic rings. The smallest absolute Gasteiger partial charge is 0.335 e. The van der Waals surface area contributed by atoms with Crippen molar-refractivity contribution in [2.75, 3.05) is 26.2 Å². The van der Waals surface area contributed by atoms with Crippen molar-refractivity contribution in [2.45, 2.75) is 37.6 Å². The number of nitrogens with one attached hydrogen (secondary N) is 3. The number of amides is 2. The molecule has 1 unspecified atom stereocenters. The van der Waals surface area contributed by atoms with Crippen LogP contribution in [0.5, 0.6) is 0 Å². The van der Waals surface area contributed by atoms with Crippen LogP contribution in [0.4, 0.5) is 0 Å². The molecule has 8 heteroatoms. The highest BCUT2D eigenvalue weighted by molar-refractivity contribution is 5.98. The molecule has 0 bridgehead atoms. The number of hydrazine groups is 1. The highest BCUT2D eigenvalue weighted by atomic mass is 16.4. The molecule has 2 aliphatic carbocycles. The molecule has 180 valence electrons. The third-order valence-electron chi connectivity index (χ3n) is 7.12. The maximum atomic E-state index is 13.5. The van der Waals surface area contributed by atoms with Crippen molar-refractivity contribution in [1.29, 1.82) is 0 Å². The number of benzene rings is 1. The fraction of sp³-hybridized carbons (Fsp3) is 0.423. The molecule has 34 heavy (non-hydrogen) atoms. The number of nitrogens with zero attached hydrogens (tertiary/aromatic N) is 1. The highest BCUT2D eigenvalue weighted by Crippen LogP contribution is 2.37. The Morgan fingerprint density at radius 1 is 1.03 bits per heavy atom. The van der Waals surface area contributed by atoms with Crippen LogP contribution < -0.4 is 16.2 Å². The van der Waals surface area contributed by atoms with Crippen LogP contribution in [0.2, 0.25) is 0 Å². The first kappa shape index (κ1) is 23.9. The molecule has 2 fully saturated rings. The van der Waals surface area contributed by atoms with Gasteiger partial charge in [0.05, 0.1) is 5.56 Å². The molecule has 1 aromatic rings. The number of hydrogen-bond acceptors (Lipinski definition) is 5. The Labute approximate surface area is 199 Å². The van der Waals surface area contributed by atoms with Gasteiger partial charge in [0.1, 0.15) is 5.54 Å². The molecule has 0 spiro atoms. The number of carbonyl (C=O) groups is 3. The highest BCUT2D eigenvalue weighted by Gasteiger charge is 2.43. The lowest BCUT2D eigenvalue weighted by Crippen LogP contribution is -2.64. The SMILES string of the molecule is C=C1CCC(C2=CCC(C(=O)NNC(=O)c3ccc(C(=O)O)cc3)(N3CCNCC3)C=C2)CC1. The van der Waals surface area contributed by atoms with Gasteiger partial charge >= 0.3 is 5.97 Å². The van der Waals surface area contributed by atoms with Crippen molar-refractivity contribution < 1.29 is 19.5 Å². The summed E-state index contributed by atoms with van der Waals surface area (Å²) in [5.41, 5.74) is 7.21. The Balaban J connectivity index is 1.45. The average Bonchev–Trinajstić information content (AvgIpc) is 2.88. The molecule has 2 amide bonds. The molecule has 1 aromatic carbocycles. The zero-order valence-electron chi connectivity index (χ0n) is 19.3. The van der Waals surface area contributed by atoms with Gasteiger partial charge in [-0.05, 0) is 67.9 Å². The molecular formula is C26H32N4O4. The van der Waals surface area contributed by atoms with Crippen LogP contribution >= 0.6 is 0 Å². The molecule has 1 saturated heterocycles. The first-order valence-electron chi connectivity index (χ1n) is 11.8. The van der Waals surface area contributed by atoms with Gasteiger partial charge in [-0.1, -0.05) is 30.4 Å². The lowest BCUT2D eigenvalue weighted by atomic mass is 9.77. The van der Waals surface area contributed by atoms with Crippen LogP contribution in [0.3, 0.4) is 0 Å². The summed E-state index contributed by atoms with van der Waals surface area (Å²) in [6.45, 7) is 7.16. The molecule has 1 aliphatic heterocycles. The van der Waals surface area contributed by atoms with Crippen LogP contribution in [0.15, 0.2) is 60.2 Å². The van der Waals surface area contributed by atoms with Gasteiger partial charge in [0.2, 0.25) is 0 Å². The lowest BCUT2D eigenvalue weighted by molar-refractivity contribution is -0.132. The normalized spacial score (nSPS) is 23.8. The summed E-state index contributed by atoms with van der Waals surface area (Å²) in [5.74, 6) is -1.35. The van der Waals surface area contributed by atoms with Gasteiger partial charge in [-0.25, -0.2) is 4.79 Å². The van der Waals surface area contributed by atoms with Gasteiger partial charge in [0.15, 0.2) is 0 Å². The van der Waals surface area contributed by atoms with E-state index in [2.05, 4.69) is 39.8 Å². The van der Waals surface area contributed by atoms with E-state index in [0.717, 1.165) is 51.9 Å². The zero-order chi connectivity index (χ0) is 24.1. The van der Waals surface area contributed by atoms with Crippen molar-refractivity contribution in [3.8, 4) is 0 Å². The minimum Gasteiger partial charge on any atom is -0.478 e. The quantitative estimate of drug-likeness (QED) is 0.394. The predicted molar refractivity (Wildman–Crippen MR) is 129 cm³/mol. The molecule has 4 N–H and O–H groups in total. The molecule has 0 radical (unpaired) electrons. The summed E-state index contributed by atoms with van der Waals surface area (Å²) in [7, 11) is 0.